The van der Waals surface area contributed by atoms with Gasteiger partial charge in [-0.1, -0.05) is 11.2 Å². The Bertz CT molecular complexity index is 1030. The number of hydrogen-bond acceptors (Lipinski definition) is 8. The summed E-state index contributed by atoms with van der Waals surface area (Å²) in [5.41, 5.74) is 8.48. The van der Waals surface area contributed by atoms with Gasteiger partial charge in [-0.05, 0) is 29.8 Å². The van der Waals surface area contributed by atoms with Crippen LogP contribution < -0.4 is 24.7 Å². The van der Waals surface area contributed by atoms with E-state index in [1.807, 2.05) is 12.1 Å². The van der Waals surface area contributed by atoms with Crippen molar-refractivity contribution in [1.82, 2.24) is 5.16 Å². The van der Waals surface area contributed by atoms with Crippen molar-refractivity contribution in [2.75, 3.05) is 35.0 Å². The third kappa shape index (κ3) is 4.92. The zero-order valence-corrected chi connectivity index (χ0v) is 18.6. The normalized spacial score (nSPS) is 10.2. The number of ether oxygens (including phenoxy) is 4. The summed E-state index contributed by atoms with van der Waals surface area (Å²) in [5.74, 6) is 2.54. The lowest BCUT2D eigenvalue weighted by Crippen LogP contribution is -2.16. The Kier molecular flexibility index (Phi) is 8.30. The first-order valence-electron chi connectivity index (χ1n) is 9.20. The van der Waals surface area contributed by atoms with Crippen molar-refractivity contribution < 1.29 is 28.3 Å². The van der Waals surface area contributed by atoms with Gasteiger partial charge in [-0.2, -0.15) is 0 Å². The number of nitrogens with two attached hydrogens (primary N) is 1. The molecule has 166 valence electrons. The van der Waals surface area contributed by atoms with Crippen LogP contribution in [-0.2, 0) is 11.2 Å². The predicted molar refractivity (Wildman–Crippen MR) is 119 cm³/mol. The summed E-state index contributed by atoms with van der Waals surface area (Å²) >= 11 is 0. The van der Waals surface area contributed by atoms with Crippen LogP contribution in [0.1, 0.15) is 5.56 Å². The van der Waals surface area contributed by atoms with Gasteiger partial charge in [0.25, 0.3) is 0 Å². The monoisotopic (exact) mass is 448 g/mol. The molecule has 8 nitrogen and oxygen atoms in total. The van der Waals surface area contributed by atoms with E-state index in [4.69, 9.17) is 29.2 Å². The molecular weight excluding hydrogens is 424 g/mol. The molecule has 0 aliphatic rings. The van der Waals surface area contributed by atoms with Crippen molar-refractivity contribution in [2.24, 2.45) is 5.73 Å². The molecule has 0 saturated carbocycles. The van der Waals surface area contributed by atoms with E-state index in [1.165, 1.54) is 0 Å². The van der Waals surface area contributed by atoms with Crippen LogP contribution in [0.25, 0.3) is 22.5 Å². The molecule has 0 unspecified atom stereocenters. The van der Waals surface area contributed by atoms with Crippen LogP contribution in [0, 0.1) is 0 Å². The lowest BCUT2D eigenvalue weighted by atomic mass is 9.98. The number of methoxy groups -OCH3 is 4. The van der Waals surface area contributed by atoms with Crippen LogP contribution >= 0.6 is 12.4 Å². The van der Waals surface area contributed by atoms with Crippen molar-refractivity contribution in [1.29, 1.82) is 0 Å². The maximum Gasteiger partial charge on any atom is 0.203 e. The van der Waals surface area contributed by atoms with Gasteiger partial charge in [0.05, 0.1) is 41.2 Å². The molecule has 0 amide bonds. The molecule has 1 heterocycles. The Labute approximate surface area is 186 Å². The van der Waals surface area contributed by atoms with E-state index >= 15 is 0 Å². The molecule has 0 aliphatic carbocycles. The number of benzene rings is 2. The molecule has 9 heteroatoms. The average Bonchev–Trinajstić information content (AvgIpc) is 3.27. The largest absolute Gasteiger partial charge is 0.496 e. The molecule has 0 radical (unpaired) electrons. The highest BCUT2D eigenvalue weighted by Gasteiger charge is 2.20. The van der Waals surface area contributed by atoms with Gasteiger partial charge in [0.15, 0.2) is 23.0 Å². The number of hydrogen-bond donors (Lipinski definition) is 1. The van der Waals surface area contributed by atoms with Gasteiger partial charge in [0.2, 0.25) is 5.75 Å². The first-order chi connectivity index (χ1) is 14.6. The zero-order chi connectivity index (χ0) is 21.7. The van der Waals surface area contributed by atoms with E-state index in [-0.39, 0.29) is 31.2 Å². The molecule has 31 heavy (non-hydrogen) atoms. The molecule has 1 aromatic heterocycles. The first-order valence-corrected chi connectivity index (χ1v) is 9.20. The second-order valence-corrected chi connectivity index (χ2v) is 6.43. The maximum atomic E-state index is 11.9. The lowest BCUT2D eigenvalue weighted by Gasteiger charge is -2.14. The predicted octanol–water partition coefficient (Wildman–Crippen LogP) is 3.54. The fourth-order valence-electron chi connectivity index (χ4n) is 3.23. The smallest absolute Gasteiger partial charge is 0.203 e. The number of carbonyl (C=O) groups is 1. The molecule has 2 aromatic carbocycles. The van der Waals surface area contributed by atoms with Crippen molar-refractivity contribution in [2.45, 2.75) is 6.42 Å². The molecule has 0 spiro atoms. The minimum atomic E-state index is -0.0828. The molecule has 3 rings (SSSR count). The average molecular weight is 449 g/mol. The lowest BCUT2D eigenvalue weighted by molar-refractivity contribution is -0.117. The molecule has 0 aliphatic heterocycles. The number of Topliss-reactive ketones (excluding diaryl/α,β-unsaturated/α-hetero) is 1. The van der Waals surface area contributed by atoms with E-state index < -0.39 is 0 Å². The third-order valence-electron chi connectivity index (χ3n) is 4.70. The third-order valence-corrected chi connectivity index (χ3v) is 4.70. The van der Waals surface area contributed by atoms with Crippen LogP contribution in [0.2, 0.25) is 0 Å². The number of nitrogens with zero attached hydrogens (tertiary/aromatic N) is 1. The second-order valence-electron chi connectivity index (χ2n) is 6.43. The number of ketones is 1. The summed E-state index contributed by atoms with van der Waals surface area (Å²) in [6.07, 6.45) is 1.80. The van der Waals surface area contributed by atoms with Gasteiger partial charge < -0.3 is 29.2 Å². The summed E-state index contributed by atoms with van der Waals surface area (Å²) in [5, 5.41) is 3.97. The second kappa shape index (κ2) is 10.7. The Morgan fingerprint density at radius 1 is 0.935 bits per heavy atom. The number of aromatic nitrogens is 1. The minimum absolute atomic E-state index is 0. The molecule has 0 saturated heterocycles. The van der Waals surface area contributed by atoms with E-state index in [9.17, 15) is 4.79 Å². The van der Waals surface area contributed by atoms with Gasteiger partial charge >= 0.3 is 0 Å². The van der Waals surface area contributed by atoms with E-state index in [0.29, 0.717) is 34.3 Å². The van der Waals surface area contributed by atoms with Crippen molar-refractivity contribution in [3.05, 3.63) is 42.1 Å². The van der Waals surface area contributed by atoms with Crippen molar-refractivity contribution in [3.8, 4) is 45.4 Å². The summed E-state index contributed by atoms with van der Waals surface area (Å²) < 4.78 is 27.2. The highest BCUT2D eigenvalue weighted by atomic mass is 35.5. The first kappa shape index (κ1) is 24.0. The summed E-state index contributed by atoms with van der Waals surface area (Å²) in [6.45, 7) is -0.0304. The van der Waals surface area contributed by atoms with Crippen LogP contribution in [-0.4, -0.2) is 45.9 Å². The molecule has 0 bridgehead atoms. The van der Waals surface area contributed by atoms with Crippen LogP contribution in [0.5, 0.6) is 23.0 Å². The topological polar surface area (TPSA) is 106 Å². The highest BCUT2D eigenvalue weighted by Crippen LogP contribution is 2.43. The van der Waals surface area contributed by atoms with E-state index in [0.717, 1.165) is 16.7 Å². The minimum Gasteiger partial charge on any atom is -0.496 e. The fourth-order valence-corrected chi connectivity index (χ4v) is 3.23. The van der Waals surface area contributed by atoms with Crippen LogP contribution in [0.15, 0.2) is 41.1 Å². The Hall–Kier alpha value is -3.23. The molecule has 0 atom stereocenters. The van der Waals surface area contributed by atoms with Crippen LogP contribution in [0.3, 0.4) is 0 Å². The molecule has 0 fully saturated rings. The summed E-state index contributed by atoms with van der Waals surface area (Å²) in [6, 6.07) is 9.13. The Morgan fingerprint density at radius 2 is 1.58 bits per heavy atom. The van der Waals surface area contributed by atoms with Gasteiger partial charge in [-0.15, -0.1) is 12.4 Å². The maximum absolute atomic E-state index is 11.9. The Morgan fingerprint density at radius 3 is 2.13 bits per heavy atom. The number of halogens is 1. The SMILES string of the molecule is COc1ccc(-c2cnoc2-c2cc(OC)c(OC)c(OC)c2)cc1CC(=O)CN.Cl. The van der Waals surface area contributed by atoms with Gasteiger partial charge in [0.1, 0.15) is 5.75 Å². The molecule has 3 aromatic rings. The molecular formula is C22H25ClN2O6. The van der Waals surface area contributed by atoms with Gasteiger partial charge in [-0.3, -0.25) is 4.79 Å². The van der Waals surface area contributed by atoms with Crippen LogP contribution in [0.4, 0.5) is 0 Å². The van der Waals surface area contributed by atoms with E-state index in [2.05, 4.69) is 5.16 Å². The molecule has 2 N–H and O–H groups in total. The van der Waals surface area contributed by atoms with Gasteiger partial charge in [0, 0.05) is 23.1 Å². The standard InChI is InChI=1S/C22H24N2O6.ClH/c1-26-18-6-5-13(7-14(18)8-16(25)11-23)17-12-24-30-21(17)15-9-19(27-2)22(29-4)20(10-15)28-3;/h5-7,9-10,12H,8,11,23H2,1-4H3;1H. The summed E-state index contributed by atoms with van der Waals surface area (Å²) in [4.78, 5) is 11.9. The number of rotatable bonds is 9. The highest BCUT2D eigenvalue weighted by molar-refractivity contribution is 5.86. The zero-order valence-electron chi connectivity index (χ0n) is 17.8. The fraction of sp³-hybridized carbons (Fsp3) is 0.273. The van der Waals surface area contributed by atoms with Gasteiger partial charge in [-0.25, -0.2) is 0 Å². The van der Waals surface area contributed by atoms with Crippen molar-refractivity contribution >= 4 is 18.2 Å². The Balaban J connectivity index is 0.00000341. The summed E-state index contributed by atoms with van der Waals surface area (Å²) in [7, 11) is 6.20. The van der Waals surface area contributed by atoms with E-state index in [1.54, 1.807) is 52.8 Å². The van der Waals surface area contributed by atoms with Crippen molar-refractivity contribution in [3.63, 3.8) is 0 Å². The quantitative estimate of drug-likeness (QED) is 0.529. The number of carbonyl (C=O) groups excluding carboxylic acids is 1.